The van der Waals surface area contributed by atoms with Crippen LogP contribution in [0.2, 0.25) is 0 Å². The van der Waals surface area contributed by atoms with Gasteiger partial charge in [-0.1, -0.05) is 18.2 Å². The summed E-state index contributed by atoms with van der Waals surface area (Å²) in [5.41, 5.74) is 2.48. The van der Waals surface area contributed by atoms with Crippen molar-refractivity contribution in [2.45, 2.75) is 31.8 Å². The van der Waals surface area contributed by atoms with E-state index in [1.54, 1.807) is 12.1 Å². The van der Waals surface area contributed by atoms with Crippen LogP contribution < -0.4 is 5.32 Å². The van der Waals surface area contributed by atoms with E-state index in [4.69, 9.17) is 4.74 Å². The van der Waals surface area contributed by atoms with E-state index in [1.807, 2.05) is 12.1 Å². The highest BCUT2D eigenvalue weighted by atomic mass is 32.1. The molecular formula is C16H14N2O3S. The molecular weight excluding hydrogens is 300 g/mol. The Morgan fingerprint density at radius 3 is 3.05 bits per heavy atom. The Morgan fingerprint density at radius 1 is 1.32 bits per heavy atom. The second kappa shape index (κ2) is 5.21. The van der Waals surface area contributed by atoms with Gasteiger partial charge in [-0.05, 0) is 30.9 Å². The topological polar surface area (TPSA) is 68.3 Å². The highest BCUT2D eigenvalue weighted by molar-refractivity contribution is 7.15. The van der Waals surface area contributed by atoms with Gasteiger partial charge in [0.25, 0.3) is 5.91 Å². The van der Waals surface area contributed by atoms with Gasteiger partial charge >= 0.3 is 5.97 Å². The van der Waals surface area contributed by atoms with E-state index in [0.717, 1.165) is 30.5 Å². The minimum Gasteiger partial charge on any atom is -0.448 e. The molecule has 2 aliphatic rings. The molecule has 0 saturated heterocycles. The second-order valence-electron chi connectivity index (χ2n) is 5.49. The van der Waals surface area contributed by atoms with Crippen LogP contribution in [0.3, 0.4) is 0 Å². The molecule has 1 aromatic heterocycles. The number of hydrogen-bond donors (Lipinski definition) is 1. The van der Waals surface area contributed by atoms with Gasteiger partial charge in [0.15, 0.2) is 11.2 Å². The molecule has 2 aromatic rings. The fraction of sp³-hybridized carbons (Fsp3) is 0.312. The molecule has 1 amide bonds. The molecule has 0 saturated carbocycles. The zero-order chi connectivity index (χ0) is 15.1. The highest BCUT2D eigenvalue weighted by Gasteiger charge is 2.31. The van der Waals surface area contributed by atoms with Crippen molar-refractivity contribution in [1.29, 1.82) is 0 Å². The number of esters is 1. The van der Waals surface area contributed by atoms with Crippen LogP contribution in [0.5, 0.6) is 0 Å². The lowest BCUT2D eigenvalue weighted by Crippen LogP contribution is -2.37. The van der Waals surface area contributed by atoms with E-state index in [2.05, 4.69) is 10.3 Å². The number of nitrogens with zero attached hydrogens (tertiary/aromatic N) is 1. The van der Waals surface area contributed by atoms with Gasteiger partial charge in [-0.15, -0.1) is 11.3 Å². The van der Waals surface area contributed by atoms with Crippen molar-refractivity contribution in [3.05, 3.63) is 46.0 Å². The monoisotopic (exact) mass is 314 g/mol. The predicted molar refractivity (Wildman–Crippen MR) is 82.1 cm³/mol. The van der Waals surface area contributed by atoms with Gasteiger partial charge in [0.2, 0.25) is 0 Å². The summed E-state index contributed by atoms with van der Waals surface area (Å²) in [7, 11) is 0. The van der Waals surface area contributed by atoms with Gasteiger partial charge in [0, 0.05) is 11.3 Å². The number of carbonyl (C=O) groups excluding carboxylic acids is 2. The van der Waals surface area contributed by atoms with Crippen molar-refractivity contribution in [3.63, 3.8) is 0 Å². The van der Waals surface area contributed by atoms with Crippen LogP contribution in [-0.2, 0) is 28.8 Å². The number of anilines is 1. The lowest BCUT2D eigenvalue weighted by atomic mass is 9.98. The fourth-order valence-corrected chi connectivity index (χ4v) is 3.96. The van der Waals surface area contributed by atoms with Crippen LogP contribution in [0.4, 0.5) is 5.13 Å². The highest BCUT2D eigenvalue weighted by Crippen LogP contribution is 2.31. The maximum absolute atomic E-state index is 12.3. The molecule has 0 unspecified atom stereocenters. The Hall–Kier alpha value is -2.21. The molecule has 0 bridgehead atoms. The number of aryl methyl sites for hydroxylation is 2. The molecule has 22 heavy (non-hydrogen) atoms. The molecule has 0 radical (unpaired) electrons. The molecule has 1 N–H and O–H groups in total. The van der Waals surface area contributed by atoms with Gasteiger partial charge in [-0.25, -0.2) is 9.78 Å². The summed E-state index contributed by atoms with van der Waals surface area (Å²) in [5, 5.41) is 3.39. The first kappa shape index (κ1) is 13.5. The van der Waals surface area contributed by atoms with Crippen LogP contribution in [-0.4, -0.2) is 23.0 Å². The van der Waals surface area contributed by atoms with E-state index in [-0.39, 0.29) is 5.91 Å². The molecule has 1 aromatic carbocycles. The molecule has 0 fully saturated rings. The van der Waals surface area contributed by atoms with E-state index >= 15 is 0 Å². The quantitative estimate of drug-likeness (QED) is 0.864. The number of fused-ring (bicyclic) bond motifs is 2. The summed E-state index contributed by atoms with van der Waals surface area (Å²) in [6.07, 6.45) is 2.77. The average molecular weight is 314 g/mol. The van der Waals surface area contributed by atoms with Crippen LogP contribution in [0.25, 0.3) is 0 Å². The number of amides is 1. The summed E-state index contributed by atoms with van der Waals surface area (Å²) >= 11 is 1.52. The van der Waals surface area contributed by atoms with Crippen molar-refractivity contribution in [1.82, 2.24) is 4.98 Å². The number of cyclic esters (lactones) is 1. The van der Waals surface area contributed by atoms with Crippen LogP contribution in [0.15, 0.2) is 24.3 Å². The molecule has 6 heteroatoms. The number of aromatic nitrogens is 1. The summed E-state index contributed by atoms with van der Waals surface area (Å²) in [6.45, 7) is 0. The predicted octanol–water partition coefficient (Wildman–Crippen LogP) is 2.35. The normalized spacial score (nSPS) is 19.3. The number of ether oxygens (including phenoxy) is 1. The SMILES string of the molecule is O=C1O[C@H](C(=O)Nc2nc3c(s2)CCC3)Cc2ccccc21. The lowest BCUT2D eigenvalue weighted by molar-refractivity contribution is -0.125. The Bertz CT molecular complexity index is 747. The molecule has 4 rings (SSSR count). The Balaban J connectivity index is 1.50. The number of carbonyl (C=O) groups is 2. The zero-order valence-corrected chi connectivity index (χ0v) is 12.6. The summed E-state index contributed by atoms with van der Waals surface area (Å²) in [4.78, 5) is 30.0. The van der Waals surface area contributed by atoms with Gasteiger partial charge in [0.05, 0.1) is 11.3 Å². The van der Waals surface area contributed by atoms with Crippen molar-refractivity contribution >= 4 is 28.3 Å². The zero-order valence-electron chi connectivity index (χ0n) is 11.8. The fourth-order valence-electron chi connectivity index (χ4n) is 2.91. The first-order chi connectivity index (χ1) is 10.7. The summed E-state index contributed by atoms with van der Waals surface area (Å²) in [6, 6.07) is 7.22. The lowest BCUT2D eigenvalue weighted by Gasteiger charge is -2.23. The number of hydrogen-bond acceptors (Lipinski definition) is 5. The van der Waals surface area contributed by atoms with Crippen LogP contribution in [0, 0.1) is 0 Å². The summed E-state index contributed by atoms with van der Waals surface area (Å²) in [5.74, 6) is -0.751. The van der Waals surface area contributed by atoms with Gasteiger partial charge in [-0.3, -0.25) is 10.1 Å². The van der Waals surface area contributed by atoms with Crippen molar-refractivity contribution in [3.8, 4) is 0 Å². The average Bonchev–Trinajstić information content (AvgIpc) is 3.08. The Morgan fingerprint density at radius 2 is 2.18 bits per heavy atom. The standard InChI is InChI=1S/C16H14N2O3S/c19-14(18-16-17-11-6-3-7-13(11)22-16)12-8-9-4-1-2-5-10(9)15(20)21-12/h1-2,4-5,12H,3,6-8H2,(H,17,18,19)/t12-/m0/s1. The Labute approximate surface area is 131 Å². The largest absolute Gasteiger partial charge is 0.448 e. The first-order valence-electron chi connectivity index (χ1n) is 7.29. The van der Waals surface area contributed by atoms with E-state index < -0.39 is 12.1 Å². The minimum absolute atomic E-state index is 0.310. The van der Waals surface area contributed by atoms with Crippen molar-refractivity contribution in [2.24, 2.45) is 0 Å². The third-order valence-electron chi connectivity index (χ3n) is 4.01. The maximum atomic E-state index is 12.3. The minimum atomic E-state index is -0.791. The number of thiazole rings is 1. The number of rotatable bonds is 2. The molecule has 1 aliphatic heterocycles. The number of nitrogens with one attached hydrogen (secondary N) is 1. The molecule has 2 heterocycles. The molecule has 112 valence electrons. The summed E-state index contributed by atoms with van der Waals surface area (Å²) < 4.78 is 5.25. The van der Waals surface area contributed by atoms with Crippen LogP contribution >= 0.6 is 11.3 Å². The third-order valence-corrected chi connectivity index (χ3v) is 5.08. The molecule has 1 atom stereocenters. The first-order valence-corrected chi connectivity index (χ1v) is 8.10. The van der Waals surface area contributed by atoms with E-state index in [0.29, 0.717) is 17.1 Å². The molecule has 5 nitrogen and oxygen atoms in total. The van der Waals surface area contributed by atoms with Gasteiger partial charge in [-0.2, -0.15) is 0 Å². The van der Waals surface area contributed by atoms with Crippen molar-refractivity contribution in [2.75, 3.05) is 5.32 Å². The number of benzene rings is 1. The van der Waals surface area contributed by atoms with E-state index in [9.17, 15) is 9.59 Å². The van der Waals surface area contributed by atoms with Crippen molar-refractivity contribution < 1.29 is 14.3 Å². The second-order valence-corrected chi connectivity index (χ2v) is 6.57. The van der Waals surface area contributed by atoms with Gasteiger partial charge in [0.1, 0.15) is 0 Å². The Kier molecular flexibility index (Phi) is 3.18. The molecule has 1 aliphatic carbocycles. The molecule has 0 spiro atoms. The van der Waals surface area contributed by atoms with E-state index in [1.165, 1.54) is 16.2 Å². The third kappa shape index (κ3) is 2.29. The van der Waals surface area contributed by atoms with Crippen LogP contribution in [0.1, 0.15) is 32.9 Å². The maximum Gasteiger partial charge on any atom is 0.339 e. The van der Waals surface area contributed by atoms with Gasteiger partial charge < -0.3 is 4.74 Å². The smallest absolute Gasteiger partial charge is 0.339 e.